The van der Waals surface area contributed by atoms with Crippen LogP contribution in [-0.2, 0) is 4.43 Å². The van der Waals surface area contributed by atoms with Gasteiger partial charge in [0.2, 0.25) is 0 Å². The molecule has 2 aromatic rings. The molecule has 0 spiro atoms. The molecule has 2 aliphatic heterocycles. The molecular weight excluding hydrogens is 507 g/mol. The molecule has 2 fully saturated rings. The Morgan fingerprint density at radius 1 is 1.23 bits per heavy atom. The first-order valence-corrected chi connectivity index (χ1v) is 15.1. The number of rotatable bonds is 6. The number of anilines is 1. The van der Waals surface area contributed by atoms with E-state index in [2.05, 4.69) is 81.4 Å². The first-order valence-electron chi connectivity index (χ1n) is 11.1. The average molecular weight is 543 g/mol. The molecule has 1 unspecified atom stereocenters. The Morgan fingerprint density at radius 2 is 2.00 bits per heavy atom. The molecule has 30 heavy (non-hydrogen) atoms. The lowest BCUT2D eigenvalue weighted by Crippen LogP contribution is -2.54. The summed E-state index contributed by atoms with van der Waals surface area (Å²) in [6.45, 7) is 18.2. The molecule has 1 atom stereocenters. The fourth-order valence-corrected chi connectivity index (χ4v) is 5.79. The Kier molecular flexibility index (Phi) is 6.45. The number of nitrogens with one attached hydrogen (secondary N) is 1. The van der Waals surface area contributed by atoms with Crippen LogP contribution in [0.1, 0.15) is 33.6 Å². The van der Waals surface area contributed by atoms with Crippen LogP contribution in [0, 0.1) is 15.5 Å². The quantitative estimate of drug-likeness (QED) is 0.438. The van der Waals surface area contributed by atoms with Crippen molar-refractivity contribution in [2.24, 2.45) is 11.8 Å². The first kappa shape index (κ1) is 22.4. The topological polar surface area (TPSA) is 70.2 Å². The SMILES string of the molecule is CC(C)(C)[Si](C)(C)OCCN1CCCC(C2CN(c3cnc4c(I)n[nH]c4n3)C2)C1. The van der Waals surface area contributed by atoms with Crippen molar-refractivity contribution in [2.45, 2.75) is 51.7 Å². The standard InChI is InChI=1S/C21H35IN6OSi/c1-21(2,3)30(4,5)29-10-9-27-8-6-7-15(12-27)16-13-28(14-16)17-11-23-18-19(22)25-26-20(18)24-17/h11,15-16H,6-10,12-14H2,1-5H3,(H,24,25,26). The molecule has 0 saturated carbocycles. The summed E-state index contributed by atoms with van der Waals surface area (Å²) in [5, 5.41) is 7.46. The molecule has 0 aliphatic carbocycles. The van der Waals surface area contributed by atoms with E-state index >= 15 is 0 Å². The average Bonchev–Trinajstić information content (AvgIpc) is 3.00. The highest BCUT2D eigenvalue weighted by Gasteiger charge is 2.38. The summed E-state index contributed by atoms with van der Waals surface area (Å²) in [7, 11) is -1.64. The summed E-state index contributed by atoms with van der Waals surface area (Å²) in [5.41, 5.74) is 1.64. The number of fused-ring (bicyclic) bond motifs is 1. The molecule has 4 heterocycles. The number of hydrogen-bond donors (Lipinski definition) is 1. The molecule has 2 aromatic heterocycles. The molecule has 4 rings (SSSR count). The third-order valence-electron chi connectivity index (χ3n) is 7.33. The predicted octanol–water partition coefficient (Wildman–Crippen LogP) is 4.13. The Labute approximate surface area is 194 Å². The van der Waals surface area contributed by atoms with Crippen LogP contribution in [0.2, 0.25) is 18.1 Å². The zero-order chi connectivity index (χ0) is 21.5. The lowest BCUT2D eigenvalue weighted by Gasteiger charge is -2.47. The zero-order valence-electron chi connectivity index (χ0n) is 18.9. The number of H-pyrrole nitrogens is 1. The summed E-state index contributed by atoms with van der Waals surface area (Å²) < 4.78 is 7.29. The number of piperidine rings is 1. The fraction of sp³-hybridized carbons (Fsp3) is 0.762. The molecule has 2 saturated heterocycles. The smallest absolute Gasteiger partial charge is 0.192 e. The largest absolute Gasteiger partial charge is 0.416 e. The van der Waals surface area contributed by atoms with Crippen molar-refractivity contribution in [3.05, 3.63) is 9.90 Å². The second kappa shape index (κ2) is 8.63. The molecule has 0 radical (unpaired) electrons. The first-order chi connectivity index (χ1) is 14.1. The van der Waals surface area contributed by atoms with Gasteiger partial charge in [-0.3, -0.25) is 5.10 Å². The van der Waals surface area contributed by atoms with Crippen LogP contribution in [0.4, 0.5) is 5.82 Å². The molecule has 0 aromatic carbocycles. The van der Waals surface area contributed by atoms with Crippen molar-refractivity contribution in [1.29, 1.82) is 0 Å². The van der Waals surface area contributed by atoms with Crippen molar-refractivity contribution in [2.75, 3.05) is 44.2 Å². The minimum Gasteiger partial charge on any atom is -0.416 e. The van der Waals surface area contributed by atoms with Gasteiger partial charge in [-0.05, 0) is 71.9 Å². The highest BCUT2D eigenvalue weighted by molar-refractivity contribution is 14.1. The van der Waals surface area contributed by atoms with Gasteiger partial charge in [-0.1, -0.05) is 20.8 Å². The second-order valence-corrected chi connectivity index (χ2v) is 16.2. The summed E-state index contributed by atoms with van der Waals surface area (Å²) in [6, 6.07) is 0. The van der Waals surface area contributed by atoms with E-state index in [1.807, 2.05) is 6.20 Å². The van der Waals surface area contributed by atoms with Gasteiger partial charge in [0.05, 0.1) is 6.20 Å². The van der Waals surface area contributed by atoms with E-state index in [9.17, 15) is 0 Å². The fourth-order valence-electron chi connectivity index (χ4n) is 4.24. The van der Waals surface area contributed by atoms with Crippen LogP contribution in [0.15, 0.2) is 6.20 Å². The van der Waals surface area contributed by atoms with Crippen molar-refractivity contribution in [3.8, 4) is 0 Å². The summed E-state index contributed by atoms with van der Waals surface area (Å²) in [6.07, 6.45) is 4.54. The number of halogens is 1. The maximum Gasteiger partial charge on any atom is 0.192 e. The van der Waals surface area contributed by atoms with Crippen molar-refractivity contribution in [1.82, 2.24) is 25.1 Å². The highest BCUT2D eigenvalue weighted by atomic mass is 127. The van der Waals surface area contributed by atoms with E-state index in [4.69, 9.17) is 9.41 Å². The van der Waals surface area contributed by atoms with Gasteiger partial charge in [0.15, 0.2) is 17.7 Å². The maximum absolute atomic E-state index is 6.41. The van der Waals surface area contributed by atoms with Crippen LogP contribution in [0.25, 0.3) is 11.2 Å². The van der Waals surface area contributed by atoms with Crippen LogP contribution in [-0.4, -0.2) is 72.7 Å². The number of nitrogens with zero attached hydrogens (tertiary/aromatic N) is 5. The summed E-state index contributed by atoms with van der Waals surface area (Å²) in [4.78, 5) is 14.2. The number of aromatic nitrogens is 4. The zero-order valence-corrected chi connectivity index (χ0v) is 22.1. The molecular formula is C21H35IN6OSi. The van der Waals surface area contributed by atoms with Gasteiger partial charge in [-0.2, -0.15) is 5.10 Å². The Morgan fingerprint density at radius 3 is 2.73 bits per heavy atom. The molecule has 7 nitrogen and oxygen atoms in total. The molecule has 1 N–H and O–H groups in total. The van der Waals surface area contributed by atoms with E-state index in [1.54, 1.807) is 0 Å². The van der Waals surface area contributed by atoms with Gasteiger partial charge < -0.3 is 14.2 Å². The molecule has 166 valence electrons. The summed E-state index contributed by atoms with van der Waals surface area (Å²) >= 11 is 2.19. The molecule has 2 aliphatic rings. The lowest BCUT2D eigenvalue weighted by molar-refractivity contribution is 0.103. The minimum atomic E-state index is -1.64. The van der Waals surface area contributed by atoms with Gasteiger partial charge in [0, 0.05) is 32.8 Å². The third-order valence-corrected chi connectivity index (χ3v) is 12.6. The van der Waals surface area contributed by atoms with Crippen molar-refractivity contribution in [3.63, 3.8) is 0 Å². The molecule has 0 amide bonds. The number of aromatic amines is 1. The van der Waals surface area contributed by atoms with E-state index in [-0.39, 0.29) is 5.04 Å². The number of hydrogen-bond acceptors (Lipinski definition) is 6. The normalized spacial score (nSPS) is 21.9. The monoisotopic (exact) mass is 542 g/mol. The number of likely N-dealkylation sites (tertiary alicyclic amines) is 1. The van der Waals surface area contributed by atoms with Gasteiger partial charge in [-0.15, -0.1) is 0 Å². The minimum absolute atomic E-state index is 0.285. The molecule has 9 heteroatoms. The second-order valence-electron chi connectivity index (χ2n) is 10.4. The highest BCUT2D eigenvalue weighted by Crippen LogP contribution is 2.37. The van der Waals surface area contributed by atoms with Crippen molar-refractivity contribution < 1.29 is 4.43 Å². The third kappa shape index (κ3) is 4.68. The van der Waals surface area contributed by atoms with Gasteiger partial charge in [0.25, 0.3) is 0 Å². The van der Waals surface area contributed by atoms with E-state index in [1.165, 1.54) is 25.9 Å². The van der Waals surface area contributed by atoms with E-state index in [0.29, 0.717) is 0 Å². The van der Waals surface area contributed by atoms with E-state index in [0.717, 1.165) is 58.8 Å². The van der Waals surface area contributed by atoms with Crippen LogP contribution in [0.5, 0.6) is 0 Å². The Hall–Kier alpha value is -0.783. The van der Waals surface area contributed by atoms with Gasteiger partial charge >= 0.3 is 0 Å². The van der Waals surface area contributed by atoms with E-state index < -0.39 is 8.32 Å². The lowest BCUT2D eigenvalue weighted by atomic mass is 9.80. The van der Waals surface area contributed by atoms with Crippen LogP contribution >= 0.6 is 22.6 Å². The predicted molar refractivity (Wildman–Crippen MR) is 132 cm³/mol. The van der Waals surface area contributed by atoms with Crippen LogP contribution < -0.4 is 4.90 Å². The van der Waals surface area contributed by atoms with Crippen LogP contribution in [0.3, 0.4) is 0 Å². The summed E-state index contributed by atoms with van der Waals surface area (Å²) in [5.74, 6) is 2.51. The van der Waals surface area contributed by atoms with Crippen molar-refractivity contribution >= 4 is 47.9 Å². The van der Waals surface area contributed by atoms with Gasteiger partial charge in [-0.25, -0.2) is 9.97 Å². The molecule has 0 bridgehead atoms. The van der Waals surface area contributed by atoms with Gasteiger partial charge in [0.1, 0.15) is 11.3 Å². The maximum atomic E-state index is 6.41. The Balaban J connectivity index is 1.25. The Bertz CT molecular complexity index is 876.